The van der Waals surface area contributed by atoms with Crippen molar-refractivity contribution in [1.29, 1.82) is 0 Å². The van der Waals surface area contributed by atoms with Crippen LogP contribution in [-0.4, -0.2) is 28.5 Å². The van der Waals surface area contributed by atoms with Crippen LogP contribution in [0.3, 0.4) is 0 Å². The Morgan fingerprint density at radius 1 is 1.15 bits per heavy atom. The van der Waals surface area contributed by atoms with E-state index in [1.165, 1.54) is 5.56 Å². The zero-order valence-corrected chi connectivity index (χ0v) is 16.1. The van der Waals surface area contributed by atoms with Gasteiger partial charge < -0.3 is 5.32 Å². The first kappa shape index (κ1) is 19.2. The molecule has 0 bridgehead atoms. The molecule has 0 radical (unpaired) electrons. The predicted octanol–water partition coefficient (Wildman–Crippen LogP) is 4.58. The number of nitrogens with zero attached hydrogens (tertiary/aromatic N) is 1. The van der Waals surface area contributed by atoms with Gasteiger partial charge in [-0.05, 0) is 47.5 Å². The van der Waals surface area contributed by atoms with E-state index >= 15 is 0 Å². The number of hydrogen-bond acceptors (Lipinski definition) is 4. The topological polar surface area (TPSA) is 66.5 Å². The molecule has 7 heteroatoms. The lowest BCUT2D eigenvalue weighted by molar-refractivity contribution is -0.127. The van der Waals surface area contributed by atoms with Crippen molar-refractivity contribution in [2.24, 2.45) is 0 Å². The standard InChI is InChI=1S/C20H17ClN2O3S/c1-2-13-7-9-14(10-8-13)11-17-19(25)23(20(26)27-17)12-18(24)22-16-6-4-3-5-15(16)21/h3-11H,2,12H2,1H3,(H,22,24)/b17-11+. The van der Waals surface area contributed by atoms with Crippen LogP contribution in [0.15, 0.2) is 53.4 Å². The number of thioether (sulfide) groups is 1. The molecule has 1 heterocycles. The fraction of sp³-hybridized carbons (Fsp3) is 0.150. The highest BCUT2D eigenvalue weighted by Crippen LogP contribution is 2.32. The molecule has 3 amide bonds. The van der Waals surface area contributed by atoms with Crippen LogP contribution in [0.25, 0.3) is 6.08 Å². The van der Waals surface area contributed by atoms with Crippen molar-refractivity contribution in [3.05, 3.63) is 69.6 Å². The molecule has 1 fully saturated rings. The molecule has 1 saturated heterocycles. The van der Waals surface area contributed by atoms with E-state index in [1.54, 1.807) is 30.3 Å². The lowest BCUT2D eigenvalue weighted by Gasteiger charge is -2.13. The molecule has 1 N–H and O–H groups in total. The van der Waals surface area contributed by atoms with Crippen LogP contribution in [0, 0.1) is 0 Å². The second-order valence-corrected chi connectivity index (χ2v) is 7.29. The molecule has 138 valence electrons. The minimum absolute atomic E-state index is 0.301. The summed E-state index contributed by atoms with van der Waals surface area (Å²) in [5, 5.41) is 2.53. The average molecular weight is 401 g/mol. The number of carbonyl (C=O) groups excluding carboxylic acids is 3. The summed E-state index contributed by atoms with van der Waals surface area (Å²) in [5.74, 6) is -0.960. The van der Waals surface area contributed by atoms with Crippen molar-refractivity contribution in [2.75, 3.05) is 11.9 Å². The zero-order valence-electron chi connectivity index (χ0n) is 14.6. The SMILES string of the molecule is CCc1ccc(/C=C2/SC(=O)N(CC(=O)Nc3ccccc3Cl)C2=O)cc1. The maximum atomic E-state index is 12.5. The van der Waals surface area contributed by atoms with Crippen molar-refractivity contribution in [3.8, 4) is 0 Å². The lowest BCUT2D eigenvalue weighted by Crippen LogP contribution is -2.36. The average Bonchev–Trinajstić information content (AvgIpc) is 2.91. The number of hydrogen-bond donors (Lipinski definition) is 1. The number of imide groups is 1. The van der Waals surface area contributed by atoms with Crippen LogP contribution in [0.4, 0.5) is 10.5 Å². The van der Waals surface area contributed by atoms with Gasteiger partial charge in [0, 0.05) is 0 Å². The molecule has 0 unspecified atom stereocenters. The first-order chi connectivity index (χ1) is 13.0. The van der Waals surface area contributed by atoms with Crippen molar-refractivity contribution >= 4 is 52.2 Å². The van der Waals surface area contributed by atoms with E-state index in [0.717, 1.165) is 28.6 Å². The number of halogens is 1. The quantitative estimate of drug-likeness (QED) is 0.746. The maximum absolute atomic E-state index is 12.5. The number of aryl methyl sites for hydroxylation is 1. The fourth-order valence-corrected chi connectivity index (χ4v) is 3.55. The highest BCUT2D eigenvalue weighted by atomic mass is 35.5. The van der Waals surface area contributed by atoms with Crippen LogP contribution in [-0.2, 0) is 16.0 Å². The monoisotopic (exact) mass is 400 g/mol. The molecular formula is C20H17ClN2O3S. The Kier molecular flexibility index (Phi) is 5.98. The predicted molar refractivity (Wildman–Crippen MR) is 109 cm³/mol. The van der Waals surface area contributed by atoms with E-state index in [1.807, 2.05) is 24.3 Å². The summed E-state index contributed by atoms with van der Waals surface area (Å²) < 4.78 is 0. The molecule has 1 aliphatic rings. The highest BCUT2D eigenvalue weighted by molar-refractivity contribution is 8.18. The molecule has 0 spiro atoms. The molecule has 2 aromatic rings. The van der Waals surface area contributed by atoms with Gasteiger partial charge in [0.25, 0.3) is 11.1 Å². The van der Waals surface area contributed by atoms with Crippen LogP contribution >= 0.6 is 23.4 Å². The normalized spacial score (nSPS) is 15.5. The smallest absolute Gasteiger partial charge is 0.294 e. The third kappa shape index (κ3) is 4.59. The number of carbonyl (C=O) groups is 3. The fourth-order valence-electron chi connectivity index (χ4n) is 2.53. The van der Waals surface area contributed by atoms with Crippen molar-refractivity contribution < 1.29 is 14.4 Å². The van der Waals surface area contributed by atoms with E-state index in [-0.39, 0.29) is 6.54 Å². The van der Waals surface area contributed by atoms with Crippen molar-refractivity contribution in [3.63, 3.8) is 0 Å². The van der Waals surface area contributed by atoms with Gasteiger partial charge in [-0.1, -0.05) is 54.9 Å². The Labute approximate surface area is 166 Å². The Morgan fingerprint density at radius 3 is 2.52 bits per heavy atom. The molecule has 3 rings (SSSR count). The summed E-state index contributed by atoms with van der Waals surface area (Å²) in [5.41, 5.74) is 2.46. The first-order valence-corrected chi connectivity index (χ1v) is 9.56. The minimum atomic E-state index is -0.487. The van der Waals surface area contributed by atoms with Gasteiger partial charge in [-0.2, -0.15) is 0 Å². The van der Waals surface area contributed by atoms with Gasteiger partial charge in [0.1, 0.15) is 6.54 Å². The van der Waals surface area contributed by atoms with E-state index in [0.29, 0.717) is 15.6 Å². The van der Waals surface area contributed by atoms with Crippen LogP contribution < -0.4 is 5.32 Å². The first-order valence-electron chi connectivity index (χ1n) is 8.36. The van der Waals surface area contributed by atoms with Crippen molar-refractivity contribution in [1.82, 2.24) is 4.90 Å². The number of rotatable bonds is 5. The summed E-state index contributed by atoms with van der Waals surface area (Å²) in [6.07, 6.45) is 2.59. The van der Waals surface area contributed by atoms with Gasteiger partial charge in [0.05, 0.1) is 15.6 Å². The largest absolute Gasteiger partial charge is 0.323 e. The molecule has 0 aromatic heterocycles. The summed E-state index contributed by atoms with van der Waals surface area (Å²) in [6, 6.07) is 14.5. The Balaban J connectivity index is 1.69. The third-order valence-corrected chi connectivity index (χ3v) is 5.25. The number of nitrogens with one attached hydrogen (secondary N) is 1. The summed E-state index contributed by atoms with van der Waals surface area (Å²) >= 11 is 6.83. The van der Waals surface area contributed by atoms with Crippen LogP contribution in [0.1, 0.15) is 18.1 Å². The molecule has 27 heavy (non-hydrogen) atoms. The van der Waals surface area contributed by atoms with Crippen LogP contribution in [0.5, 0.6) is 0 Å². The molecule has 1 aliphatic heterocycles. The third-order valence-electron chi connectivity index (χ3n) is 4.01. The minimum Gasteiger partial charge on any atom is -0.323 e. The summed E-state index contributed by atoms with van der Waals surface area (Å²) in [7, 11) is 0. The maximum Gasteiger partial charge on any atom is 0.294 e. The second kappa shape index (κ2) is 8.41. The molecule has 0 aliphatic carbocycles. The molecule has 0 saturated carbocycles. The number of para-hydroxylation sites is 1. The summed E-state index contributed by atoms with van der Waals surface area (Å²) in [6.45, 7) is 1.70. The van der Waals surface area contributed by atoms with Gasteiger partial charge in [-0.15, -0.1) is 0 Å². The van der Waals surface area contributed by atoms with Gasteiger partial charge >= 0.3 is 0 Å². The number of amides is 3. The van der Waals surface area contributed by atoms with Gasteiger partial charge in [0.15, 0.2) is 0 Å². The van der Waals surface area contributed by atoms with Gasteiger partial charge in [-0.25, -0.2) is 0 Å². The molecule has 2 aromatic carbocycles. The van der Waals surface area contributed by atoms with E-state index < -0.39 is 17.1 Å². The zero-order chi connectivity index (χ0) is 19.4. The second-order valence-electron chi connectivity index (χ2n) is 5.89. The van der Waals surface area contributed by atoms with E-state index in [4.69, 9.17) is 11.6 Å². The molecule has 0 atom stereocenters. The lowest BCUT2D eigenvalue weighted by atomic mass is 10.1. The summed E-state index contributed by atoms with van der Waals surface area (Å²) in [4.78, 5) is 38.1. The van der Waals surface area contributed by atoms with Gasteiger partial charge in [0.2, 0.25) is 5.91 Å². The number of benzene rings is 2. The Hall–Kier alpha value is -2.57. The molecular weight excluding hydrogens is 384 g/mol. The molecule has 5 nitrogen and oxygen atoms in total. The van der Waals surface area contributed by atoms with E-state index in [2.05, 4.69) is 12.2 Å². The Bertz CT molecular complexity index is 925. The van der Waals surface area contributed by atoms with E-state index in [9.17, 15) is 14.4 Å². The Morgan fingerprint density at radius 2 is 1.85 bits per heavy atom. The highest BCUT2D eigenvalue weighted by Gasteiger charge is 2.36. The number of anilines is 1. The van der Waals surface area contributed by atoms with Crippen molar-refractivity contribution in [2.45, 2.75) is 13.3 Å². The van der Waals surface area contributed by atoms with Gasteiger partial charge in [-0.3, -0.25) is 19.3 Å². The van der Waals surface area contributed by atoms with Crippen LogP contribution in [0.2, 0.25) is 5.02 Å².